The molecule has 2 aromatic rings. The monoisotopic (exact) mass is 255 g/mol. The van der Waals surface area contributed by atoms with Crippen molar-refractivity contribution in [2.45, 2.75) is 13.0 Å². The first kappa shape index (κ1) is 13.1. The fourth-order valence-corrected chi connectivity index (χ4v) is 2.01. The van der Waals surface area contributed by atoms with Crippen molar-refractivity contribution in [2.24, 2.45) is 0 Å². The van der Waals surface area contributed by atoms with Gasteiger partial charge in [0.1, 0.15) is 5.75 Å². The number of hydrogen-bond donors (Lipinski definition) is 1. The van der Waals surface area contributed by atoms with Crippen LogP contribution in [0, 0.1) is 0 Å². The van der Waals surface area contributed by atoms with Crippen molar-refractivity contribution >= 4 is 5.91 Å². The number of carbonyl (C=O) groups excluding carboxylic acids is 1. The van der Waals surface area contributed by atoms with Crippen LogP contribution in [0.5, 0.6) is 5.75 Å². The van der Waals surface area contributed by atoms with E-state index in [1.807, 2.05) is 37.3 Å². The summed E-state index contributed by atoms with van der Waals surface area (Å²) in [5, 5.41) is 9.84. The Hall–Kier alpha value is -2.29. The Morgan fingerprint density at radius 2 is 1.63 bits per heavy atom. The highest BCUT2D eigenvalue weighted by Gasteiger charge is 2.20. The maximum atomic E-state index is 12.3. The van der Waals surface area contributed by atoms with Gasteiger partial charge in [0.2, 0.25) is 0 Å². The summed E-state index contributed by atoms with van der Waals surface area (Å²) in [4.78, 5) is 13.9. The second-order valence-electron chi connectivity index (χ2n) is 4.52. The number of phenols is 1. The van der Waals surface area contributed by atoms with Crippen molar-refractivity contribution in [1.29, 1.82) is 0 Å². The van der Waals surface area contributed by atoms with Gasteiger partial charge in [-0.25, -0.2) is 0 Å². The lowest BCUT2D eigenvalue weighted by atomic mass is 10.1. The van der Waals surface area contributed by atoms with E-state index < -0.39 is 0 Å². The topological polar surface area (TPSA) is 40.5 Å². The minimum absolute atomic E-state index is 0.0589. The third kappa shape index (κ3) is 2.76. The Morgan fingerprint density at radius 1 is 1.05 bits per heavy atom. The highest BCUT2D eigenvalue weighted by atomic mass is 16.3. The van der Waals surface area contributed by atoms with Crippen LogP contribution < -0.4 is 0 Å². The number of para-hydroxylation sites is 1. The van der Waals surface area contributed by atoms with E-state index in [9.17, 15) is 9.90 Å². The van der Waals surface area contributed by atoms with Gasteiger partial charge in [0.25, 0.3) is 5.91 Å². The smallest absolute Gasteiger partial charge is 0.254 e. The summed E-state index contributed by atoms with van der Waals surface area (Å²) in [6.07, 6.45) is 0. The molecule has 0 aliphatic rings. The first-order chi connectivity index (χ1) is 9.11. The molecule has 0 saturated heterocycles. The van der Waals surface area contributed by atoms with Gasteiger partial charge in [-0.1, -0.05) is 36.4 Å². The van der Waals surface area contributed by atoms with Gasteiger partial charge in [-0.15, -0.1) is 0 Å². The van der Waals surface area contributed by atoms with Crippen LogP contribution in [0.4, 0.5) is 0 Å². The van der Waals surface area contributed by atoms with Crippen molar-refractivity contribution in [1.82, 2.24) is 4.90 Å². The first-order valence-corrected chi connectivity index (χ1v) is 6.21. The molecule has 0 heterocycles. The van der Waals surface area contributed by atoms with E-state index in [4.69, 9.17) is 0 Å². The number of aromatic hydroxyl groups is 1. The van der Waals surface area contributed by atoms with E-state index in [0.29, 0.717) is 5.56 Å². The first-order valence-electron chi connectivity index (χ1n) is 6.21. The summed E-state index contributed by atoms with van der Waals surface area (Å²) in [7, 11) is 1.74. The van der Waals surface area contributed by atoms with Gasteiger partial charge in [-0.2, -0.15) is 0 Å². The molecule has 0 bridgehead atoms. The van der Waals surface area contributed by atoms with Crippen LogP contribution in [0.15, 0.2) is 54.6 Å². The SMILES string of the molecule is CC(c1ccccc1O)N(C)C(=O)c1ccccc1. The molecule has 1 unspecified atom stereocenters. The van der Waals surface area contributed by atoms with E-state index in [1.54, 1.807) is 36.2 Å². The Morgan fingerprint density at radius 3 is 2.26 bits per heavy atom. The van der Waals surface area contributed by atoms with Gasteiger partial charge in [-0.3, -0.25) is 4.79 Å². The Labute approximate surface area is 113 Å². The summed E-state index contributed by atoms with van der Waals surface area (Å²) in [5.74, 6) is 0.152. The molecule has 2 aromatic carbocycles. The quantitative estimate of drug-likeness (QED) is 0.914. The molecule has 98 valence electrons. The largest absolute Gasteiger partial charge is 0.508 e. The lowest BCUT2D eigenvalue weighted by Gasteiger charge is -2.26. The number of amides is 1. The molecule has 0 radical (unpaired) electrons. The van der Waals surface area contributed by atoms with Gasteiger partial charge >= 0.3 is 0 Å². The summed E-state index contributed by atoms with van der Waals surface area (Å²) in [6.45, 7) is 1.90. The van der Waals surface area contributed by atoms with Crippen molar-refractivity contribution < 1.29 is 9.90 Å². The third-order valence-corrected chi connectivity index (χ3v) is 3.31. The fraction of sp³-hybridized carbons (Fsp3) is 0.188. The number of nitrogens with zero attached hydrogens (tertiary/aromatic N) is 1. The van der Waals surface area contributed by atoms with Crippen LogP contribution >= 0.6 is 0 Å². The van der Waals surface area contributed by atoms with Crippen LogP contribution in [0.3, 0.4) is 0 Å². The maximum absolute atomic E-state index is 12.3. The van der Waals surface area contributed by atoms with Crippen LogP contribution in [0.2, 0.25) is 0 Å². The van der Waals surface area contributed by atoms with Gasteiger partial charge in [0, 0.05) is 18.2 Å². The lowest BCUT2D eigenvalue weighted by molar-refractivity contribution is 0.0741. The Kier molecular flexibility index (Phi) is 3.85. The van der Waals surface area contributed by atoms with Crippen LogP contribution in [-0.4, -0.2) is 23.0 Å². The highest BCUT2D eigenvalue weighted by molar-refractivity contribution is 5.94. The van der Waals surface area contributed by atoms with Crippen molar-refractivity contribution in [3.05, 3.63) is 65.7 Å². The molecule has 0 fully saturated rings. The van der Waals surface area contributed by atoms with Crippen molar-refractivity contribution in [2.75, 3.05) is 7.05 Å². The average Bonchev–Trinajstić information content (AvgIpc) is 2.46. The molecular weight excluding hydrogens is 238 g/mol. The van der Waals surface area contributed by atoms with Crippen molar-refractivity contribution in [3.8, 4) is 5.75 Å². The van der Waals surface area contributed by atoms with E-state index in [1.165, 1.54) is 0 Å². The van der Waals surface area contributed by atoms with E-state index in [2.05, 4.69) is 0 Å². The van der Waals surface area contributed by atoms with Crippen molar-refractivity contribution in [3.63, 3.8) is 0 Å². The third-order valence-electron chi connectivity index (χ3n) is 3.31. The minimum Gasteiger partial charge on any atom is -0.508 e. The molecule has 0 saturated carbocycles. The molecular formula is C16H17NO2. The standard InChI is InChI=1S/C16H17NO2/c1-12(14-10-6-7-11-15(14)18)17(2)16(19)13-8-4-3-5-9-13/h3-12,18H,1-2H3. The van der Waals surface area contributed by atoms with E-state index in [0.717, 1.165) is 5.56 Å². The minimum atomic E-state index is -0.186. The molecule has 3 nitrogen and oxygen atoms in total. The lowest BCUT2D eigenvalue weighted by Crippen LogP contribution is -2.29. The number of benzene rings is 2. The predicted octanol–water partition coefficient (Wildman–Crippen LogP) is 3.23. The summed E-state index contributed by atoms with van der Waals surface area (Å²) < 4.78 is 0. The number of phenolic OH excluding ortho intramolecular Hbond substituents is 1. The van der Waals surface area contributed by atoms with Gasteiger partial charge in [0.05, 0.1) is 6.04 Å². The normalized spacial score (nSPS) is 11.9. The van der Waals surface area contributed by atoms with E-state index >= 15 is 0 Å². The summed E-state index contributed by atoms with van der Waals surface area (Å²) in [5.41, 5.74) is 1.39. The zero-order chi connectivity index (χ0) is 13.8. The van der Waals surface area contributed by atoms with Crippen LogP contribution in [0.25, 0.3) is 0 Å². The molecule has 3 heteroatoms. The average molecular weight is 255 g/mol. The molecule has 19 heavy (non-hydrogen) atoms. The number of rotatable bonds is 3. The second kappa shape index (κ2) is 5.57. The fourth-order valence-electron chi connectivity index (χ4n) is 2.01. The molecule has 1 N–H and O–H groups in total. The van der Waals surface area contributed by atoms with Crippen LogP contribution in [-0.2, 0) is 0 Å². The van der Waals surface area contributed by atoms with Gasteiger partial charge in [0.15, 0.2) is 0 Å². The number of hydrogen-bond acceptors (Lipinski definition) is 2. The molecule has 1 atom stereocenters. The molecule has 0 aliphatic carbocycles. The summed E-state index contributed by atoms with van der Waals surface area (Å²) >= 11 is 0. The predicted molar refractivity (Wildman–Crippen MR) is 75.1 cm³/mol. The second-order valence-corrected chi connectivity index (χ2v) is 4.52. The summed E-state index contributed by atoms with van der Waals surface area (Å²) in [6, 6.07) is 16.0. The molecule has 2 rings (SSSR count). The zero-order valence-electron chi connectivity index (χ0n) is 11.1. The molecule has 0 spiro atoms. The van der Waals surface area contributed by atoms with Gasteiger partial charge < -0.3 is 10.0 Å². The van der Waals surface area contributed by atoms with Crippen LogP contribution in [0.1, 0.15) is 28.9 Å². The molecule has 1 amide bonds. The highest BCUT2D eigenvalue weighted by Crippen LogP contribution is 2.27. The molecule has 0 aliphatic heterocycles. The van der Waals surface area contributed by atoms with Gasteiger partial charge in [-0.05, 0) is 25.1 Å². The Bertz CT molecular complexity index is 566. The van der Waals surface area contributed by atoms with E-state index in [-0.39, 0.29) is 17.7 Å². The number of carbonyl (C=O) groups is 1. The zero-order valence-corrected chi connectivity index (χ0v) is 11.1. The molecule has 0 aromatic heterocycles. The Balaban J connectivity index is 2.23. The maximum Gasteiger partial charge on any atom is 0.254 e.